The Hall–Kier alpha value is -0.0831. The fourth-order valence-electron chi connectivity index (χ4n) is 2.35. The number of hydrogen-bond donors (Lipinski definition) is 0. The van der Waals surface area contributed by atoms with Crippen LogP contribution in [0.1, 0.15) is 52.9 Å². The molecule has 0 N–H and O–H groups in total. The largest absolute Gasteiger partial charge is 0.301 e. The normalized spacial score (nSPS) is 15.9. The van der Waals surface area contributed by atoms with Crippen LogP contribution in [-0.2, 0) is 0 Å². The second kappa shape index (κ2) is 8.07. The summed E-state index contributed by atoms with van der Waals surface area (Å²) in [5.74, 6) is 0. The molecule has 0 amide bonds. The Morgan fingerprint density at radius 2 is 1.75 bits per heavy atom. The molecule has 0 radical (unpaired) electrons. The van der Waals surface area contributed by atoms with Crippen LogP contribution in [0.3, 0.4) is 0 Å². The standard InChI is InChI=1S/C14H29NSi/c1-4-7-14(8-5-2)13(3)16-12-6-9-15-10-11-15/h4-12,16H2,1-3H3. The first-order valence-electron chi connectivity index (χ1n) is 7.17. The summed E-state index contributed by atoms with van der Waals surface area (Å²) in [6.07, 6.45) is 6.83. The minimum Gasteiger partial charge on any atom is -0.301 e. The lowest BCUT2D eigenvalue weighted by molar-refractivity contribution is 0.551. The molecule has 1 aliphatic heterocycles. The zero-order valence-electron chi connectivity index (χ0n) is 11.5. The molecule has 1 aliphatic rings. The van der Waals surface area contributed by atoms with Crippen molar-refractivity contribution in [1.82, 2.24) is 4.90 Å². The molecule has 0 spiro atoms. The van der Waals surface area contributed by atoms with E-state index in [1.165, 1.54) is 57.8 Å². The van der Waals surface area contributed by atoms with Crippen molar-refractivity contribution in [3.05, 3.63) is 10.8 Å². The van der Waals surface area contributed by atoms with Crippen LogP contribution in [0.5, 0.6) is 0 Å². The van der Waals surface area contributed by atoms with Crippen molar-refractivity contribution in [2.75, 3.05) is 19.6 Å². The first-order valence-corrected chi connectivity index (χ1v) is 8.88. The summed E-state index contributed by atoms with van der Waals surface area (Å²) in [5, 5.41) is 1.83. The summed E-state index contributed by atoms with van der Waals surface area (Å²) in [5.41, 5.74) is 1.81. The van der Waals surface area contributed by atoms with E-state index in [-0.39, 0.29) is 9.52 Å². The Morgan fingerprint density at radius 3 is 2.25 bits per heavy atom. The molecule has 1 nitrogen and oxygen atoms in total. The van der Waals surface area contributed by atoms with E-state index in [0.29, 0.717) is 0 Å². The lowest BCUT2D eigenvalue weighted by atomic mass is 10.1. The molecule has 0 atom stereocenters. The van der Waals surface area contributed by atoms with Crippen molar-refractivity contribution in [2.24, 2.45) is 0 Å². The van der Waals surface area contributed by atoms with E-state index < -0.39 is 0 Å². The van der Waals surface area contributed by atoms with Gasteiger partial charge in [0.05, 0.1) is 0 Å². The number of hydrogen-bond acceptors (Lipinski definition) is 1. The molecule has 0 aromatic carbocycles. The third kappa shape index (κ3) is 5.85. The highest BCUT2D eigenvalue weighted by molar-refractivity contribution is 6.45. The maximum Gasteiger partial charge on any atom is 0.0492 e. The van der Waals surface area contributed by atoms with Gasteiger partial charge in [-0.1, -0.05) is 43.5 Å². The Labute approximate surface area is 104 Å². The third-order valence-electron chi connectivity index (χ3n) is 3.52. The molecule has 2 heteroatoms. The maximum absolute atomic E-state index is 2.55. The van der Waals surface area contributed by atoms with Gasteiger partial charge >= 0.3 is 0 Å². The molecule has 0 aliphatic carbocycles. The van der Waals surface area contributed by atoms with E-state index >= 15 is 0 Å². The summed E-state index contributed by atoms with van der Waals surface area (Å²) >= 11 is 0. The van der Waals surface area contributed by atoms with Gasteiger partial charge in [0.15, 0.2) is 0 Å². The Balaban J connectivity index is 2.20. The van der Waals surface area contributed by atoms with Crippen LogP contribution in [0, 0.1) is 0 Å². The summed E-state index contributed by atoms with van der Waals surface area (Å²) in [6, 6.07) is 1.53. The monoisotopic (exact) mass is 239 g/mol. The van der Waals surface area contributed by atoms with Gasteiger partial charge in [-0.2, -0.15) is 0 Å². The predicted octanol–water partition coefficient (Wildman–Crippen LogP) is 3.15. The molecular weight excluding hydrogens is 210 g/mol. The van der Waals surface area contributed by atoms with Crippen LogP contribution in [0.15, 0.2) is 10.8 Å². The van der Waals surface area contributed by atoms with Gasteiger partial charge < -0.3 is 4.90 Å². The van der Waals surface area contributed by atoms with Crippen molar-refractivity contribution in [2.45, 2.75) is 58.9 Å². The Kier molecular flexibility index (Phi) is 7.05. The number of nitrogens with zero attached hydrogens (tertiary/aromatic N) is 1. The smallest absolute Gasteiger partial charge is 0.0492 e. The van der Waals surface area contributed by atoms with Gasteiger partial charge in [-0.25, -0.2) is 0 Å². The molecule has 0 bridgehead atoms. The fraction of sp³-hybridized carbons (Fsp3) is 0.857. The van der Waals surface area contributed by atoms with Gasteiger partial charge in [-0.05, 0) is 32.7 Å². The Morgan fingerprint density at radius 1 is 1.12 bits per heavy atom. The van der Waals surface area contributed by atoms with Gasteiger partial charge in [-0.3, -0.25) is 0 Å². The Bertz CT molecular complexity index is 211. The molecule has 16 heavy (non-hydrogen) atoms. The second-order valence-electron chi connectivity index (χ2n) is 5.18. The molecule has 1 saturated heterocycles. The molecule has 0 aromatic heterocycles. The van der Waals surface area contributed by atoms with E-state index in [1.807, 2.05) is 10.8 Å². The average molecular weight is 239 g/mol. The molecule has 1 fully saturated rings. The molecular formula is C14H29NSi. The zero-order valence-corrected chi connectivity index (χ0v) is 12.9. The van der Waals surface area contributed by atoms with Crippen molar-refractivity contribution < 1.29 is 0 Å². The van der Waals surface area contributed by atoms with Crippen molar-refractivity contribution >= 4 is 9.52 Å². The number of rotatable bonds is 9. The zero-order chi connectivity index (χ0) is 11.8. The van der Waals surface area contributed by atoms with Crippen LogP contribution in [0.25, 0.3) is 0 Å². The molecule has 1 rings (SSSR count). The SMILES string of the molecule is CCCC(CCC)=C(C)[SiH2]CCCN1CC1. The lowest BCUT2D eigenvalue weighted by Crippen LogP contribution is -2.03. The topological polar surface area (TPSA) is 3.01 Å². The molecule has 0 aromatic rings. The summed E-state index contributed by atoms with van der Waals surface area (Å²) in [7, 11) is 0.0854. The predicted molar refractivity (Wildman–Crippen MR) is 76.9 cm³/mol. The first-order chi connectivity index (χ1) is 7.77. The summed E-state index contributed by atoms with van der Waals surface area (Å²) in [4.78, 5) is 2.55. The van der Waals surface area contributed by atoms with E-state index in [4.69, 9.17) is 0 Å². The lowest BCUT2D eigenvalue weighted by Gasteiger charge is -2.10. The minimum absolute atomic E-state index is 0.0854. The maximum atomic E-state index is 2.55. The van der Waals surface area contributed by atoms with Gasteiger partial charge in [0.1, 0.15) is 0 Å². The molecule has 94 valence electrons. The quantitative estimate of drug-likeness (QED) is 0.339. The fourth-order valence-corrected chi connectivity index (χ4v) is 4.06. The van der Waals surface area contributed by atoms with Crippen molar-refractivity contribution in [1.29, 1.82) is 0 Å². The van der Waals surface area contributed by atoms with Crippen LogP contribution < -0.4 is 0 Å². The van der Waals surface area contributed by atoms with Gasteiger partial charge in [0.25, 0.3) is 0 Å². The van der Waals surface area contributed by atoms with Crippen molar-refractivity contribution in [3.63, 3.8) is 0 Å². The van der Waals surface area contributed by atoms with E-state index in [0.717, 1.165) is 0 Å². The highest BCUT2D eigenvalue weighted by Crippen LogP contribution is 2.17. The highest BCUT2D eigenvalue weighted by Gasteiger charge is 2.15. The van der Waals surface area contributed by atoms with Crippen molar-refractivity contribution in [3.8, 4) is 0 Å². The molecule has 0 saturated carbocycles. The third-order valence-corrected chi connectivity index (χ3v) is 5.63. The highest BCUT2D eigenvalue weighted by atomic mass is 28.2. The summed E-state index contributed by atoms with van der Waals surface area (Å²) < 4.78 is 0. The number of allylic oxidation sites excluding steroid dienone is 2. The average Bonchev–Trinajstić information content (AvgIpc) is 3.07. The molecule has 0 unspecified atom stereocenters. The van der Waals surface area contributed by atoms with E-state index in [1.54, 1.807) is 0 Å². The minimum atomic E-state index is 0.0854. The van der Waals surface area contributed by atoms with Crippen LogP contribution >= 0.6 is 0 Å². The first kappa shape index (κ1) is 14.0. The van der Waals surface area contributed by atoms with Crippen LogP contribution in [-0.4, -0.2) is 34.1 Å². The van der Waals surface area contributed by atoms with E-state index in [9.17, 15) is 0 Å². The van der Waals surface area contributed by atoms with Gasteiger partial charge in [-0.15, -0.1) is 0 Å². The summed E-state index contributed by atoms with van der Waals surface area (Å²) in [6.45, 7) is 11.2. The van der Waals surface area contributed by atoms with Gasteiger partial charge in [0, 0.05) is 22.6 Å². The van der Waals surface area contributed by atoms with E-state index in [2.05, 4.69) is 25.7 Å². The molecule has 1 heterocycles. The second-order valence-corrected chi connectivity index (χ2v) is 7.45. The van der Waals surface area contributed by atoms with Gasteiger partial charge in [0.2, 0.25) is 0 Å². The van der Waals surface area contributed by atoms with Crippen LogP contribution in [0.2, 0.25) is 6.04 Å². The van der Waals surface area contributed by atoms with Crippen LogP contribution in [0.4, 0.5) is 0 Å².